The molecule has 15 heavy (non-hydrogen) atoms. The average Bonchev–Trinajstić information content (AvgIpc) is 2.81. The summed E-state index contributed by atoms with van der Waals surface area (Å²) in [5.41, 5.74) is 0. The van der Waals surface area contributed by atoms with Crippen LogP contribution in [0.2, 0.25) is 0 Å². The highest BCUT2D eigenvalue weighted by Crippen LogP contribution is 2.33. The minimum atomic E-state index is 0.152. The normalized spacial score (nSPS) is 26.5. The van der Waals surface area contributed by atoms with Crippen LogP contribution in [0.5, 0.6) is 0 Å². The van der Waals surface area contributed by atoms with Crippen LogP contribution in [0.3, 0.4) is 0 Å². The van der Waals surface area contributed by atoms with Crippen LogP contribution in [0.4, 0.5) is 0 Å². The quantitative estimate of drug-likeness (QED) is 0.773. The van der Waals surface area contributed by atoms with E-state index in [9.17, 15) is 4.79 Å². The lowest BCUT2D eigenvalue weighted by Gasteiger charge is -2.28. The first-order chi connectivity index (χ1) is 7.33. The van der Waals surface area contributed by atoms with E-state index in [0.717, 1.165) is 12.8 Å². The van der Waals surface area contributed by atoms with Gasteiger partial charge in [-0.15, -0.1) is 0 Å². The molecule has 1 aromatic heterocycles. The van der Waals surface area contributed by atoms with Crippen LogP contribution in [0.15, 0.2) is 6.33 Å². The van der Waals surface area contributed by atoms with Gasteiger partial charge in [0.25, 0.3) is 0 Å². The van der Waals surface area contributed by atoms with Gasteiger partial charge < -0.3 is 0 Å². The van der Waals surface area contributed by atoms with Gasteiger partial charge >= 0.3 is 0 Å². The molecule has 0 spiro atoms. The highest BCUT2D eigenvalue weighted by atomic mass is 16.1. The summed E-state index contributed by atoms with van der Waals surface area (Å²) in [5.74, 6) is 1.28. The molecule has 2 atom stereocenters. The number of rotatable bonds is 3. The molecule has 0 radical (unpaired) electrons. The van der Waals surface area contributed by atoms with Crippen molar-refractivity contribution in [2.45, 2.75) is 39.0 Å². The molecule has 0 bridgehead atoms. The molecule has 2 rings (SSSR count). The second-order valence-corrected chi connectivity index (χ2v) is 4.26. The zero-order chi connectivity index (χ0) is 10.7. The van der Waals surface area contributed by atoms with Gasteiger partial charge in [0.15, 0.2) is 5.82 Å². The third-order valence-electron chi connectivity index (χ3n) is 3.42. The number of hydrogen-bond donors (Lipinski definition) is 1. The Kier molecular flexibility index (Phi) is 3.14. The Bertz CT molecular complexity index is 321. The summed E-state index contributed by atoms with van der Waals surface area (Å²) in [6.07, 6.45) is 7.11. The number of nitrogens with one attached hydrogen (secondary N) is 1. The van der Waals surface area contributed by atoms with E-state index in [-0.39, 0.29) is 11.7 Å². The van der Waals surface area contributed by atoms with Crippen LogP contribution in [-0.4, -0.2) is 21.0 Å². The molecule has 0 aliphatic heterocycles. The number of H-pyrrole nitrogens is 1. The van der Waals surface area contributed by atoms with Crippen LogP contribution in [-0.2, 0) is 0 Å². The zero-order valence-corrected chi connectivity index (χ0v) is 9.07. The molecule has 1 fully saturated rings. The SMILES string of the molecule is CCC1CCCCC1C(=O)c1ncn[nH]1. The fraction of sp³-hybridized carbons (Fsp3) is 0.727. The summed E-state index contributed by atoms with van der Waals surface area (Å²) in [5, 5.41) is 6.40. The first-order valence-electron chi connectivity index (χ1n) is 5.72. The lowest BCUT2D eigenvalue weighted by Crippen LogP contribution is -2.27. The Morgan fingerprint density at radius 3 is 3.00 bits per heavy atom. The zero-order valence-electron chi connectivity index (χ0n) is 9.07. The number of ketones is 1. The van der Waals surface area contributed by atoms with Gasteiger partial charge in [-0.05, 0) is 18.8 Å². The summed E-state index contributed by atoms with van der Waals surface area (Å²) in [4.78, 5) is 16.0. The van der Waals surface area contributed by atoms with Gasteiger partial charge in [-0.25, -0.2) is 4.98 Å². The highest BCUT2D eigenvalue weighted by molar-refractivity contribution is 5.94. The molecule has 4 nitrogen and oxygen atoms in total. The van der Waals surface area contributed by atoms with Crippen LogP contribution in [0, 0.1) is 11.8 Å². The third kappa shape index (κ3) is 2.08. The molecular formula is C11H17N3O. The van der Waals surface area contributed by atoms with Crippen LogP contribution >= 0.6 is 0 Å². The highest BCUT2D eigenvalue weighted by Gasteiger charge is 2.31. The third-order valence-corrected chi connectivity index (χ3v) is 3.42. The van der Waals surface area contributed by atoms with Gasteiger partial charge in [0.1, 0.15) is 6.33 Å². The van der Waals surface area contributed by atoms with Crippen LogP contribution < -0.4 is 0 Å². The lowest BCUT2D eigenvalue weighted by molar-refractivity contribution is 0.0809. The van der Waals surface area contributed by atoms with Crippen molar-refractivity contribution < 1.29 is 4.79 Å². The minimum Gasteiger partial charge on any atom is -0.290 e. The van der Waals surface area contributed by atoms with Gasteiger partial charge in [-0.2, -0.15) is 5.10 Å². The predicted molar refractivity (Wildman–Crippen MR) is 56.5 cm³/mol. The van der Waals surface area contributed by atoms with Crippen molar-refractivity contribution >= 4 is 5.78 Å². The molecule has 2 unspecified atom stereocenters. The lowest BCUT2D eigenvalue weighted by atomic mass is 9.75. The van der Waals surface area contributed by atoms with Crippen molar-refractivity contribution in [3.63, 3.8) is 0 Å². The summed E-state index contributed by atoms with van der Waals surface area (Å²) in [6, 6.07) is 0. The fourth-order valence-electron chi connectivity index (χ4n) is 2.54. The van der Waals surface area contributed by atoms with E-state index < -0.39 is 0 Å². The van der Waals surface area contributed by atoms with Crippen LogP contribution in [0.1, 0.15) is 49.6 Å². The van der Waals surface area contributed by atoms with Gasteiger partial charge in [-0.3, -0.25) is 9.89 Å². The minimum absolute atomic E-state index is 0.152. The number of carbonyl (C=O) groups excluding carboxylic acids is 1. The molecule has 1 heterocycles. The second kappa shape index (κ2) is 4.55. The Morgan fingerprint density at radius 1 is 1.53 bits per heavy atom. The predicted octanol–water partition coefficient (Wildman–Crippen LogP) is 2.20. The standard InChI is InChI=1S/C11H17N3O/c1-2-8-5-3-4-6-9(8)10(15)11-12-7-13-14-11/h7-9H,2-6H2,1H3,(H,12,13,14). The average molecular weight is 207 g/mol. The molecule has 1 aliphatic carbocycles. The Balaban J connectivity index is 2.11. The number of aromatic amines is 1. The second-order valence-electron chi connectivity index (χ2n) is 4.26. The van der Waals surface area contributed by atoms with E-state index in [1.807, 2.05) is 0 Å². The molecule has 1 saturated carbocycles. The molecule has 0 saturated heterocycles. The van der Waals surface area contributed by atoms with Crippen molar-refractivity contribution in [2.24, 2.45) is 11.8 Å². The van der Waals surface area contributed by atoms with E-state index in [1.54, 1.807) is 0 Å². The molecule has 0 aromatic carbocycles. The van der Waals surface area contributed by atoms with Crippen molar-refractivity contribution in [3.8, 4) is 0 Å². The maximum atomic E-state index is 12.1. The largest absolute Gasteiger partial charge is 0.290 e. The first kappa shape index (κ1) is 10.3. The maximum Gasteiger partial charge on any atom is 0.202 e. The van der Waals surface area contributed by atoms with Crippen molar-refractivity contribution in [2.75, 3.05) is 0 Å². The van der Waals surface area contributed by atoms with Crippen molar-refractivity contribution in [1.82, 2.24) is 15.2 Å². The van der Waals surface area contributed by atoms with Gasteiger partial charge in [0.2, 0.25) is 5.78 Å². The van der Waals surface area contributed by atoms with Gasteiger partial charge in [-0.1, -0.05) is 26.2 Å². The smallest absolute Gasteiger partial charge is 0.202 e. The summed E-state index contributed by atoms with van der Waals surface area (Å²) in [7, 11) is 0. The Labute approximate surface area is 89.5 Å². The summed E-state index contributed by atoms with van der Waals surface area (Å²) < 4.78 is 0. The first-order valence-corrected chi connectivity index (χ1v) is 5.72. The molecule has 0 amide bonds. The number of Topliss-reactive ketones (excluding diaryl/α,β-unsaturated/α-hetero) is 1. The summed E-state index contributed by atoms with van der Waals surface area (Å²) >= 11 is 0. The summed E-state index contributed by atoms with van der Waals surface area (Å²) in [6.45, 7) is 2.16. The number of carbonyl (C=O) groups is 1. The number of hydrogen-bond acceptors (Lipinski definition) is 3. The Morgan fingerprint density at radius 2 is 2.33 bits per heavy atom. The molecule has 1 N–H and O–H groups in total. The van der Waals surface area contributed by atoms with Crippen molar-refractivity contribution in [1.29, 1.82) is 0 Å². The molecule has 1 aromatic rings. The molecular weight excluding hydrogens is 190 g/mol. The van der Waals surface area contributed by atoms with Gasteiger partial charge in [0.05, 0.1) is 0 Å². The Hall–Kier alpha value is -1.19. The van der Waals surface area contributed by atoms with E-state index in [4.69, 9.17) is 0 Å². The van der Waals surface area contributed by atoms with Gasteiger partial charge in [0, 0.05) is 5.92 Å². The number of aromatic nitrogens is 3. The molecule has 4 heteroatoms. The maximum absolute atomic E-state index is 12.1. The van der Waals surface area contributed by atoms with E-state index in [2.05, 4.69) is 22.1 Å². The fourth-order valence-corrected chi connectivity index (χ4v) is 2.54. The van der Waals surface area contributed by atoms with Crippen molar-refractivity contribution in [3.05, 3.63) is 12.2 Å². The molecule has 1 aliphatic rings. The molecule has 82 valence electrons. The number of nitrogens with zero attached hydrogens (tertiary/aromatic N) is 2. The van der Waals surface area contributed by atoms with E-state index in [0.29, 0.717) is 11.7 Å². The van der Waals surface area contributed by atoms with E-state index in [1.165, 1.54) is 25.6 Å². The van der Waals surface area contributed by atoms with Crippen LogP contribution in [0.25, 0.3) is 0 Å². The monoisotopic (exact) mass is 207 g/mol. The topological polar surface area (TPSA) is 58.6 Å². The van der Waals surface area contributed by atoms with E-state index >= 15 is 0 Å².